The van der Waals surface area contributed by atoms with E-state index in [0.29, 0.717) is 22.2 Å². The Labute approximate surface area is 145 Å². The van der Waals surface area contributed by atoms with Crippen LogP contribution in [0.3, 0.4) is 0 Å². The highest BCUT2D eigenvalue weighted by Gasteiger charge is 2.11. The molecule has 0 unspecified atom stereocenters. The third-order valence-corrected chi connectivity index (χ3v) is 3.56. The van der Waals surface area contributed by atoms with Crippen LogP contribution in [0.15, 0.2) is 48.5 Å². The lowest BCUT2D eigenvalue weighted by Crippen LogP contribution is -2.02. The van der Waals surface area contributed by atoms with Crippen molar-refractivity contribution >= 4 is 34.7 Å². The highest BCUT2D eigenvalue weighted by Crippen LogP contribution is 2.30. The summed E-state index contributed by atoms with van der Waals surface area (Å²) in [4.78, 5) is 11.9. The summed E-state index contributed by atoms with van der Waals surface area (Å²) in [6.45, 7) is 2.07. The van der Waals surface area contributed by atoms with Crippen LogP contribution in [0.25, 0.3) is 5.57 Å². The summed E-state index contributed by atoms with van der Waals surface area (Å²) in [7, 11) is 1.60. The van der Waals surface area contributed by atoms with Crippen molar-refractivity contribution in [2.24, 2.45) is 0 Å². The number of methoxy groups -OCH3 is 1. The third kappa shape index (κ3) is 4.75. The van der Waals surface area contributed by atoms with E-state index in [1.807, 2.05) is 24.3 Å². The summed E-state index contributed by atoms with van der Waals surface area (Å²) in [6.07, 6.45) is 1.44. The van der Waals surface area contributed by atoms with E-state index in [1.165, 1.54) is 6.08 Å². The zero-order valence-electron chi connectivity index (χ0n) is 12.8. The molecule has 120 valence electrons. The van der Waals surface area contributed by atoms with Crippen molar-refractivity contribution in [2.45, 2.75) is 6.92 Å². The lowest BCUT2D eigenvalue weighted by molar-refractivity contribution is -0.137. The molecule has 0 radical (unpaired) electrons. The summed E-state index contributed by atoms with van der Waals surface area (Å²) in [6, 6.07) is 12.5. The number of carbonyl (C=O) groups is 1. The monoisotopic (exact) mass is 350 g/mol. The molecule has 2 rings (SSSR count). The summed E-state index contributed by atoms with van der Waals surface area (Å²) < 4.78 is 10.2. The van der Waals surface area contributed by atoms with Gasteiger partial charge in [0.25, 0.3) is 0 Å². The van der Waals surface area contributed by atoms with Crippen molar-refractivity contribution in [3.63, 3.8) is 0 Å². The SMILES string of the molecule is CCOC(=O)/C=C(\c1ccc(OC)cc1)c1cc(Cl)cc(Cl)c1. The van der Waals surface area contributed by atoms with Crippen LogP contribution in [-0.2, 0) is 9.53 Å². The van der Waals surface area contributed by atoms with Crippen molar-refractivity contribution in [1.29, 1.82) is 0 Å². The lowest BCUT2D eigenvalue weighted by atomic mass is 9.97. The van der Waals surface area contributed by atoms with Gasteiger partial charge in [0.05, 0.1) is 13.7 Å². The van der Waals surface area contributed by atoms with Crippen LogP contribution in [0, 0.1) is 0 Å². The van der Waals surface area contributed by atoms with Gasteiger partial charge in [-0.15, -0.1) is 0 Å². The van der Waals surface area contributed by atoms with Crippen LogP contribution >= 0.6 is 23.2 Å². The molecule has 5 heteroatoms. The van der Waals surface area contributed by atoms with Crippen molar-refractivity contribution in [3.8, 4) is 5.75 Å². The van der Waals surface area contributed by atoms with Crippen molar-refractivity contribution < 1.29 is 14.3 Å². The molecule has 2 aromatic carbocycles. The molecule has 0 aliphatic rings. The second-order valence-corrected chi connectivity index (χ2v) is 5.57. The summed E-state index contributed by atoms with van der Waals surface area (Å²) in [5.41, 5.74) is 2.24. The van der Waals surface area contributed by atoms with Gasteiger partial charge >= 0.3 is 5.97 Å². The number of halogens is 2. The molecule has 3 nitrogen and oxygen atoms in total. The molecule has 2 aromatic rings. The van der Waals surface area contributed by atoms with Gasteiger partial charge in [0, 0.05) is 16.1 Å². The first kappa shape index (κ1) is 17.4. The molecule has 0 N–H and O–H groups in total. The van der Waals surface area contributed by atoms with Crippen LogP contribution in [-0.4, -0.2) is 19.7 Å². The van der Waals surface area contributed by atoms with E-state index in [2.05, 4.69) is 0 Å². The lowest BCUT2D eigenvalue weighted by Gasteiger charge is -2.11. The number of hydrogen-bond acceptors (Lipinski definition) is 3. The van der Waals surface area contributed by atoms with E-state index in [4.69, 9.17) is 32.7 Å². The second kappa shape index (κ2) is 8.04. The molecule has 0 amide bonds. The first-order valence-corrected chi connectivity index (χ1v) is 7.78. The smallest absolute Gasteiger partial charge is 0.331 e. The van der Waals surface area contributed by atoms with Crippen molar-refractivity contribution in [3.05, 3.63) is 69.7 Å². The zero-order valence-corrected chi connectivity index (χ0v) is 14.3. The number of ether oxygens (including phenoxy) is 2. The molecule has 23 heavy (non-hydrogen) atoms. The van der Waals surface area contributed by atoms with Crippen LogP contribution in [0.1, 0.15) is 18.1 Å². The van der Waals surface area contributed by atoms with Crippen LogP contribution in [0.2, 0.25) is 10.0 Å². The molecular formula is C18H16Cl2O3. The van der Waals surface area contributed by atoms with E-state index in [1.54, 1.807) is 32.2 Å². The third-order valence-electron chi connectivity index (χ3n) is 3.12. The first-order chi connectivity index (χ1) is 11.0. The highest BCUT2D eigenvalue weighted by molar-refractivity contribution is 6.35. The largest absolute Gasteiger partial charge is 0.497 e. The Hall–Kier alpha value is -1.97. The summed E-state index contributed by atoms with van der Waals surface area (Å²) in [5.74, 6) is 0.308. The Balaban J connectivity index is 2.52. The topological polar surface area (TPSA) is 35.5 Å². The van der Waals surface area contributed by atoms with Crippen molar-refractivity contribution in [2.75, 3.05) is 13.7 Å². The summed E-state index contributed by atoms with van der Waals surface area (Å²) >= 11 is 12.2. The molecule has 0 atom stereocenters. The van der Waals surface area contributed by atoms with Gasteiger partial charge in [-0.1, -0.05) is 35.3 Å². The van der Waals surface area contributed by atoms with E-state index in [9.17, 15) is 4.79 Å². The average Bonchev–Trinajstić information content (AvgIpc) is 2.52. The minimum Gasteiger partial charge on any atom is -0.497 e. The molecular weight excluding hydrogens is 335 g/mol. The maximum atomic E-state index is 11.9. The molecule has 0 spiro atoms. The van der Waals surface area contributed by atoms with Crippen LogP contribution < -0.4 is 4.74 Å². The molecule has 0 heterocycles. The van der Waals surface area contributed by atoms with E-state index < -0.39 is 5.97 Å². The van der Waals surface area contributed by atoms with Crippen LogP contribution in [0.5, 0.6) is 5.75 Å². The zero-order chi connectivity index (χ0) is 16.8. The van der Waals surface area contributed by atoms with Crippen LogP contribution in [0.4, 0.5) is 0 Å². The Kier molecular flexibility index (Phi) is 6.08. The van der Waals surface area contributed by atoms with Gasteiger partial charge in [0.15, 0.2) is 0 Å². The number of carbonyl (C=O) groups excluding carboxylic acids is 1. The van der Waals surface area contributed by atoms with Crippen molar-refractivity contribution in [1.82, 2.24) is 0 Å². The minimum atomic E-state index is -0.422. The quantitative estimate of drug-likeness (QED) is 0.562. The van der Waals surface area contributed by atoms with Gasteiger partial charge in [-0.25, -0.2) is 4.79 Å². The Bertz CT molecular complexity index is 701. The van der Waals surface area contributed by atoms with Gasteiger partial charge in [-0.2, -0.15) is 0 Å². The van der Waals surface area contributed by atoms with Gasteiger partial charge in [0.2, 0.25) is 0 Å². The standard InChI is InChI=1S/C18H16Cl2O3/c1-3-23-18(21)11-17(12-4-6-16(22-2)7-5-12)13-8-14(19)10-15(20)9-13/h4-11H,3H2,1-2H3/b17-11+. The maximum absolute atomic E-state index is 11.9. The fourth-order valence-electron chi connectivity index (χ4n) is 2.12. The summed E-state index contributed by atoms with van der Waals surface area (Å²) in [5, 5.41) is 0.992. The van der Waals surface area contributed by atoms with E-state index >= 15 is 0 Å². The number of hydrogen-bond donors (Lipinski definition) is 0. The minimum absolute atomic E-state index is 0.307. The Morgan fingerprint density at radius 3 is 2.17 bits per heavy atom. The molecule has 0 bridgehead atoms. The fourth-order valence-corrected chi connectivity index (χ4v) is 2.64. The van der Waals surface area contributed by atoms with E-state index in [-0.39, 0.29) is 0 Å². The van der Waals surface area contributed by atoms with Gasteiger partial charge < -0.3 is 9.47 Å². The molecule has 0 saturated carbocycles. The molecule has 0 aromatic heterocycles. The Morgan fingerprint density at radius 2 is 1.65 bits per heavy atom. The average molecular weight is 351 g/mol. The highest BCUT2D eigenvalue weighted by atomic mass is 35.5. The number of esters is 1. The van der Waals surface area contributed by atoms with Gasteiger partial charge in [-0.3, -0.25) is 0 Å². The van der Waals surface area contributed by atoms with Gasteiger partial charge in [0.1, 0.15) is 5.75 Å². The van der Waals surface area contributed by atoms with E-state index in [0.717, 1.165) is 16.9 Å². The fraction of sp³-hybridized carbons (Fsp3) is 0.167. The second-order valence-electron chi connectivity index (χ2n) is 4.70. The predicted molar refractivity (Wildman–Crippen MR) is 93.2 cm³/mol. The molecule has 0 aliphatic carbocycles. The molecule has 0 fully saturated rings. The normalized spacial score (nSPS) is 11.2. The number of rotatable bonds is 5. The maximum Gasteiger partial charge on any atom is 0.331 e. The molecule has 0 saturated heterocycles. The Morgan fingerprint density at radius 1 is 1.04 bits per heavy atom. The predicted octanol–water partition coefficient (Wildman–Crippen LogP) is 5.00. The van der Waals surface area contributed by atoms with Gasteiger partial charge in [-0.05, 0) is 54.0 Å². The molecule has 0 aliphatic heterocycles. The number of benzene rings is 2. The first-order valence-electron chi connectivity index (χ1n) is 7.03.